The fourth-order valence-corrected chi connectivity index (χ4v) is 1.86. The molecule has 1 aromatic carbocycles. The van der Waals surface area contributed by atoms with Crippen molar-refractivity contribution in [1.29, 1.82) is 0 Å². The molecule has 0 aliphatic heterocycles. The largest absolute Gasteiger partial charge is 0.271 e. The summed E-state index contributed by atoms with van der Waals surface area (Å²) in [6, 6.07) is 9.09. The van der Waals surface area contributed by atoms with Gasteiger partial charge in [-0.15, -0.1) is 0 Å². The van der Waals surface area contributed by atoms with Crippen LogP contribution < -0.4 is 5.43 Å². The molecule has 6 heteroatoms. The van der Waals surface area contributed by atoms with Gasteiger partial charge in [0.05, 0.1) is 11.9 Å². The maximum absolute atomic E-state index is 11.7. The second kappa shape index (κ2) is 6.34. The molecule has 1 amide bonds. The Kier molecular flexibility index (Phi) is 4.53. The lowest BCUT2D eigenvalue weighted by atomic mass is 10.2. The highest BCUT2D eigenvalue weighted by Gasteiger charge is 2.05. The molecule has 5 nitrogen and oxygen atoms in total. The van der Waals surface area contributed by atoms with E-state index in [9.17, 15) is 4.79 Å². The summed E-state index contributed by atoms with van der Waals surface area (Å²) in [6.45, 7) is 3.95. The average molecular weight is 291 g/mol. The van der Waals surface area contributed by atoms with Gasteiger partial charge >= 0.3 is 0 Å². The molecule has 0 bridgehead atoms. The van der Waals surface area contributed by atoms with Crippen LogP contribution in [0.3, 0.4) is 0 Å². The highest BCUT2D eigenvalue weighted by atomic mass is 35.5. The Bertz CT molecular complexity index is 631. The molecule has 0 saturated heterocycles. The number of hydrogen-bond acceptors (Lipinski definition) is 3. The Morgan fingerprint density at radius 3 is 2.70 bits per heavy atom. The minimum atomic E-state index is -0.221. The van der Waals surface area contributed by atoms with Crippen LogP contribution in [0.2, 0.25) is 5.02 Å². The lowest BCUT2D eigenvalue weighted by Gasteiger charge is -2.02. The second-order valence-electron chi connectivity index (χ2n) is 4.43. The molecular formula is C14H15ClN4O. The molecule has 0 radical (unpaired) electrons. The van der Waals surface area contributed by atoms with E-state index in [1.54, 1.807) is 23.0 Å². The summed E-state index contributed by atoms with van der Waals surface area (Å²) in [6.07, 6.45) is 1.56. The first-order chi connectivity index (χ1) is 9.54. The minimum absolute atomic E-state index is 0.150. The number of amides is 1. The fraction of sp³-hybridized carbons (Fsp3) is 0.214. The van der Waals surface area contributed by atoms with Crippen molar-refractivity contribution in [2.24, 2.45) is 5.10 Å². The van der Waals surface area contributed by atoms with E-state index in [0.717, 1.165) is 17.0 Å². The highest BCUT2D eigenvalue weighted by Crippen LogP contribution is 2.07. The number of rotatable bonds is 4. The quantitative estimate of drug-likeness (QED) is 0.694. The SMILES string of the molecule is Cc1cc(C)n(CC(=O)N/N=C/c2ccc(Cl)cc2)n1. The summed E-state index contributed by atoms with van der Waals surface area (Å²) >= 11 is 5.78. The molecule has 2 aromatic rings. The number of nitrogens with one attached hydrogen (secondary N) is 1. The molecule has 0 aliphatic carbocycles. The molecule has 2 rings (SSSR count). The normalized spacial score (nSPS) is 10.9. The Morgan fingerprint density at radius 2 is 2.10 bits per heavy atom. The molecule has 1 heterocycles. The Labute approximate surface area is 122 Å². The van der Waals surface area contributed by atoms with E-state index in [1.807, 2.05) is 32.0 Å². The third kappa shape index (κ3) is 3.93. The molecular weight excluding hydrogens is 276 g/mol. The molecule has 0 atom stereocenters. The van der Waals surface area contributed by atoms with Crippen LogP contribution in [0, 0.1) is 13.8 Å². The highest BCUT2D eigenvalue weighted by molar-refractivity contribution is 6.30. The van der Waals surface area contributed by atoms with E-state index in [0.29, 0.717) is 5.02 Å². The minimum Gasteiger partial charge on any atom is -0.271 e. The van der Waals surface area contributed by atoms with Crippen LogP contribution in [0.1, 0.15) is 17.0 Å². The van der Waals surface area contributed by atoms with Crippen molar-refractivity contribution in [3.63, 3.8) is 0 Å². The van der Waals surface area contributed by atoms with E-state index in [-0.39, 0.29) is 12.5 Å². The first kappa shape index (κ1) is 14.3. The van der Waals surface area contributed by atoms with Crippen LogP contribution in [0.25, 0.3) is 0 Å². The van der Waals surface area contributed by atoms with Crippen LogP contribution in [-0.2, 0) is 11.3 Å². The molecule has 1 aromatic heterocycles. The number of nitrogens with zero attached hydrogens (tertiary/aromatic N) is 3. The number of carbonyl (C=O) groups excluding carboxylic acids is 1. The van der Waals surface area contributed by atoms with Gasteiger partial charge in [-0.25, -0.2) is 5.43 Å². The van der Waals surface area contributed by atoms with Gasteiger partial charge in [-0.3, -0.25) is 9.48 Å². The molecule has 0 aliphatic rings. The predicted molar refractivity (Wildman–Crippen MR) is 78.9 cm³/mol. The molecule has 104 valence electrons. The van der Waals surface area contributed by atoms with Crippen LogP contribution in [0.15, 0.2) is 35.4 Å². The van der Waals surface area contributed by atoms with Gasteiger partial charge in [0.25, 0.3) is 5.91 Å². The van der Waals surface area contributed by atoms with Crippen molar-refractivity contribution in [2.75, 3.05) is 0 Å². The summed E-state index contributed by atoms with van der Waals surface area (Å²) in [5.41, 5.74) is 5.16. The zero-order valence-electron chi connectivity index (χ0n) is 11.3. The van der Waals surface area contributed by atoms with Gasteiger partial charge in [-0.05, 0) is 37.6 Å². The van der Waals surface area contributed by atoms with Crippen LogP contribution >= 0.6 is 11.6 Å². The van der Waals surface area contributed by atoms with Gasteiger partial charge in [0.1, 0.15) is 6.54 Å². The van der Waals surface area contributed by atoms with Crippen LogP contribution in [0.4, 0.5) is 0 Å². The third-order valence-electron chi connectivity index (χ3n) is 2.67. The first-order valence-electron chi connectivity index (χ1n) is 6.13. The summed E-state index contributed by atoms with van der Waals surface area (Å²) < 4.78 is 1.64. The van der Waals surface area contributed by atoms with Crippen molar-refractivity contribution in [2.45, 2.75) is 20.4 Å². The van der Waals surface area contributed by atoms with Gasteiger partial charge in [-0.1, -0.05) is 23.7 Å². The fourth-order valence-electron chi connectivity index (χ4n) is 1.73. The summed E-state index contributed by atoms with van der Waals surface area (Å²) in [4.78, 5) is 11.7. The molecule has 0 fully saturated rings. The van der Waals surface area contributed by atoms with Crippen LogP contribution in [0.5, 0.6) is 0 Å². The predicted octanol–water partition coefficient (Wildman–Crippen LogP) is 2.30. The third-order valence-corrected chi connectivity index (χ3v) is 2.92. The second-order valence-corrected chi connectivity index (χ2v) is 4.87. The standard InChI is InChI=1S/C14H15ClN4O/c1-10-7-11(2)19(18-10)9-14(20)17-16-8-12-3-5-13(15)6-4-12/h3-8H,9H2,1-2H3,(H,17,20)/b16-8+. The number of hydrazone groups is 1. The lowest BCUT2D eigenvalue weighted by Crippen LogP contribution is -2.24. The number of benzene rings is 1. The summed E-state index contributed by atoms with van der Waals surface area (Å²) in [5.74, 6) is -0.221. The van der Waals surface area contributed by atoms with Gasteiger partial charge in [-0.2, -0.15) is 10.2 Å². The number of halogens is 1. The van der Waals surface area contributed by atoms with E-state index < -0.39 is 0 Å². The van der Waals surface area contributed by atoms with Crippen molar-refractivity contribution < 1.29 is 4.79 Å². The maximum atomic E-state index is 11.7. The monoisotopic (exact) mass is 290 g/mol. The molecule has 20 heavy (non-hydrogen) atoms. The average Bonchev–Trinajstić information content (AvgIpc) is 2.70. The lowest BCUT2D eigenvalue weighted by molar-refractivity contribution is -0.121. The zero-order valence-corrected chi connectivity index (χ0v) is 12.1. The van der Waals surface area contributed by atoms with Gasteiger partial charge in [0.2, 0.25) is 0 Å². The van der Waals surface area contributed by atoms with Crippen molar-refractivity contribution in [3.8, 4) is 0 Å². The Hall–Kier alpha value is -2.14. The van der Waals surface area contributed by atoms with E-state index >= 15 is 0 Å². The van der Waals surface area contributed by atoms with Crippen molar-refractivity contribution >= 4 is 23.7 Å². The maximum Gasteiger partial charge on any atom is 0.261 e. The number of hydrogen-bond donors (Lipinski definition) is 1. The smallest absolute Gasteiger partial charge is 0.261 e. The van der Waals surface area contributed by atoms with Gasteiger partial charge in [0, 0.05) is 10.7 Å². The van der Waals surface area contributed by atoms with Crippen LogP contribution in [-0.4, -0.2) is 21.9 Å². The number of aromatic nitrogens is 2. The Morgan fingerprint density at radius 1 is 1.40 bits per heavy atom. The van der Waals surface area contributed by atoms with Gasteiger partial charge in [0.15, 0.2) is 0 Å². The molecule has 1 N–H and O–H groups in total. The van der Waals surface area contributed by atoms with Crippen molar-refractivity contribution in [1.82, 2.24) is 15.2 Å². The molecule has 0 spiro atoms. The molecule has 0 saturated carbocycles. The molecule has 0 unspecified atom stereocenters. The zero-order chi connectivity index (χ0) is 14.5. The summed E-state index contributed by atoms with van der Waals surface area (Å²) in [7, 11) is 0. The topological polar surface area (TPSA) is 59.3 Å². The summed E-state index contributed by atoms with van der Waals surface area (Å²) in [5, 5.41) is 8.77. The van der Waals surface area contributed by atoms with E-state index in [2.05, 4.69) is 15.6 Å². The Balaban J connectivity index is 1.89. The van der Waals surface area contributed by atoms with E-state index in [1.165, 1.54) is 0 Å². The number of aryl methyl sites for hydroxylation is 2. The number of carbonyl (C=O) groups is 1. The van der Waals surface area contributed by atoms with Gasteiger partial charge < -0.3 is 0 Å². The van der Waals surface area contributed by atoms with Crippen molar-refractivity contribution in [3.05, 3.63) is 52.3 Å². The first-order valence-corrected chi connectivity index (χ1v) is 6.51. The van der Waals surface area contributed by atoms with E-state index in [4.69, 9.17) is 11.6 Å².